The minimum atomic E-state index is 0.555. The summed E-state index contributed by atoms with van der Waals surface area (Å²) in [5.74, 6) is 0. The quantitative estimate of drug-likeness (QED) is 0.697. The SMILES string of the molecule is Cc1ccncc1CNc1ccc(N)c2nonc12. The van der Waals surface area contributed by atoms with E-state index in [-0.39, 0.29) is 0 Å². The summed E-state index contributed by atoms with van der Waals surface area (Å²) < 4.78 is 4.73. The second kappa shape index (κ2) is 4.56. The molecular weight excluding hydrogens is 242 g/mol. The normalized spacial score (nSPS) is 10.8. The number of rotatable bonds is 3. The van der Waals surface area contributed by atoms with E-state index >= 15 is 0 Å². The van der Waals surface area contributed by atoms with Gasteiger partial charge >= 0.3 is 0 Å². The second-order valence-electron chi connectivity index (χ2n) is 4.32. The maximum absolute atomic E-state index is 5.80. The Kier molecular flexibility index (Phi) is 2.75. The van der Waals surface area contributed by atoms with Gasteiger partial charge in [0.2, 0.25) is 0 Å². The molecule has 0 amide bonds. The summed E-state index contributed by atoms with van der Waals surface area (Å²) in [4.78, 5) is 4.12. The van der Waals surface area contributed by atoms with Crippen molar-refractivity contribution in [2.24, 2.45) is 0 Å². The number of benzene rings is 1. The topological polar surface area (TPSA) is 89.9 Å². The van der Waals surface area contributed by atoms with Gasteiger partial charge in [-0.15, -0.1) is 0 Å². The molecule has 0 saturated heterocycles. The van der Waals surface area contributed by atoms with Gasteiger partial charge in [0.25, 0.3) is 0 Å². The molecule has 96 valence electrons. The van der Waals surface area contributed by atoms with Crippen LogP contribution in [0.1, 0.15) is 11.1 Å². The number of nitrogens with zero attached hydrogens (tertiary/aromatic N) is 3. The molecule has 0 aliphatic heterocycles. The molecule has 0 aliphatic carbocycles. The van der Waals surface area contributed by atoms with Gasteiger partial charge in [0.05, 0.1) is 11.4 Å². The Morgan fingerprint density at radius 3 is 2.89 bits per heavy atom. The highest BCUT2D eigenvalue weighted by molar-refractivity contribution is 5.94. The van der Waals surface area contributed by atoms with Crippen LogP contribution >= 0.6 is 0 Å². The maximum atomic E-state index is 5.80. The largest absolute Gasteiger partial charge is 0.397 e. The Hall–Kier alpha value is -2.63. The third kappa shape index (κ3) is 2.08. The third-order valence-corrected chi connectivity index (χ3v) is 3.06. The molecule has 0 aliphatic rings. The number of nitrogens with two attached hydrogens (primary N) is 1. The highest BCUT2D eigenvalue weighted by Crippen LogP contribution is 2.25. The first-order valence-corrected chi connectivity index (χ1v) is 5.90. The average Bonchev–Trinajstić information content (AvgIpc) is 2.90. The number of anilines is 2. The summed E-state index contributed by atoms with van der Waals surface area (Å²) in [5, 5.41) is 11.0. The zero-order valence-corrected chi connectivity index (χ0v) is 10.4. The number of aryl methyl sites for hydroxylation is 1. The van der Waals surface area contributed by atoms with Crippen LogP contribution in [0.25, 0.3) is 11.0 Å². The van der Waals surface area contributed by atoms with Crippen LogP contribution in [0, 0.1) is 6.92 Å². The van der Waals surface area contributed by atoms with Gasteiger partial charge in [0, 0.05) is 18.9 Å². The molecule has 0 bridgehead atoms. The second-order valence-corrected chi connectivity index (χ2v) is 4.32. The smallest absolute Gasteiger partial charge is 0.160 e. The highest BCUT2D eigenvalue weighted by atomic mass is 16.6. The molecule has 0 spiro atoms. The van der Waals surface area contributed by atoms with E-state index in [9.17, 15) is 0 Å². The van der Waals surface area contributed by atoms with Gasteiger partial charge in [-0.25, -0.2) is 4.63 Å². The molecule has 3 aromatic rings. The van der Waals surface area contributed by atoms with E-state index in [0.29, 0.717) is 23.3 Å². The minimum Gasteiger partial charge on any atom is -0.397 e. The molecule has 0 saturated carbocycles. The average molecular weight is 255 g/mol. The lowest BCUT2D eigenvalue weighted by Gasteiger charge is -2.08. The van der Waals surface area contributed by atoms with Crippen LogP contribution in [0.3, 0.4) is 0 Å². The van der Waals surface area contributed by atoms with E-state index in [4.69, 9.17) is 10.4 Å². The fourth-order valence-electron chi connectivity index (χ4n) is 1.90. The van der Waals surface area contributed by atoms with Crippen molar-refractivity contribution in [1.29, 1.82) is 0 Å². The Bertz CT molecular complexity index is 722. The van der Waals surface area contributed by atoms with E-state index in [1.807, 2.05) is 18.3 Å². The first-order chi connectivity index (χ1) is 9.25. The molecule has 19 heavy (non-hydrogen) atoms. The zero-order chi connectivity index (χ0) is 13.2. The van der Waals surface area contributed by atoms with Gasteiger partial charge < -0.3 is 11.1 Å². The summed E-state index contributed by atoms with van der Waals surface area (Å²) in [6, 6.07) is 5.63. The molecule has 1 aromatic carbocycles. The summed E-state index contributed by atoms with van der Waals surface area (Å²) in [5.41, 5.74) is 10.7. The first kappa shape index (κ1) is 11.5. The molecule has 2 aromatic heterocycles. The van der Waals surface area contributed by atoms with E-state index in [0.717, 1.165) is 11.3 Å². The fourth-order valence-corrected chi connectivity index (χ4v) is 1.90. The summed E-state index contributed by atoms with van der Waals surface area (Å²) >= 11 is 0. The van der Waals surface area contributed by atoms with Crippen LogP contribution < -0.4 is 11.1 Å². The molecule has 6 nitrogen and oxygen atoms in total. The Labute approximate surface area is 109 Å². The highest BCUT2D eigenvalue weighted by Gasteiger charge is 2.09. The minimum absolute atomic E-state index is 0.555. The zero-order valence-electron chi connectivity index (χ0n) is 10.4. The van der Waals surface area contributed by atoms with Gasteiger partial charge in [-0.2, -0.15) is 0 Å². The predicted octanol–water partition coefficient (Wildman–Crippen LogP) is 2.12. The van der Waals surface area contributed by atoms with Crippen LogP contribution in [-0.4, -0.2) is 15.3 Å². The van der Waals surface area contributed by atoms with Crippen LogP contribution in [-0.2, 0) is 6.54 Å². The first-order valence-electron chi connectivity index (χ1n) is 5.90. The lowest BCUT2D eigenvalue weighted by molar-refractivity contribution is 0.316. The molecule has 0 fully saturated rings. The number of aromatic nitrogens is 3. The van der Waals surface area contributed by atoms with Crippen molar-refractivity contribution in [2.75, 3.05) is 11.1 Å². The number of hydrogen-bond acceptors (Lipinski definition) is 6. The van der Waals surface area contributed by atoms with Crippen molar-refractivity contribution in [3.63, 3.8) is 0 Å². The van der Waals surface area contributed by atoms with Crippen molar-refractivity contribution in [2.45, 2.75) is 13.5 Å². The van der Waals surface area contributed by atoms with E-state index in [1.165, 1.54) is 5.56 Å². The van der Waals surface area contributed by atoms with Gasteiger partial charge in [-0.05, 0) is 46.6 Å². The van der Waals surface area contributed by atoms with Crippen molar-refractivity contribution < 1.29 is 4.63 Å². The van der Waals surface area contributed by atoms with Crippen LogP contribution in [0.15, 0.2) is 35.2 Å². The van der Waals surface area contributed by atoms with Gasteiger partial charge in [-0.3, -0.25) is 4.98 Å². The molecule has 3 rings (SSSR count). The lowest BCUT2D eigenvalue weighted by atomic mass is 10.1. The Morgan fingerprint density at radius 1 is 1.21 bits per heavy atom. The van der Waals surface area contributed by atoms with Crippen molar-refractivity contribution >= 4 is 22.4 Å². The fraction of sp³-hybridized carbons (Fsp3) is 0.154. The molecule has 3 N–H and O–H groups in total. The molecule has 0 radical (unpaired) electrons. The Balaban J connectivity index is 1.88. The summed E-state index contributed by atoms with van der Waals surface area (Å²) in [7, 11) is 0. The molecule has 0 unspecified atom stereocenters. The molecule has 6 heteroatoms. The van der Waals surface area contributed by atoms with Crippen LogP contribution in [0.4, 0.5) is 11.4 Å². The van der Waals surface area contributed by atoms with E-state index < -0.39 is 0 Å². The standard InChI is InChI=1S/C13H13N5O/c1-8-4-5-15-6-9(8)7-16-11-3-2-10(14)12-13(11)18-19-17-12/h2-6,16H,7,14H2,1H3. The van der Waals surface area contributed by atoms with Gasteiger partial charge in [-0.1, -0.05) is 0 Å². The van der Waals surface area contributed by atoms with Crippen molar-refractivity contribution in [3.8, 4) is 0 Å². The lowest BCUT2D eigenvalue weighted by Crippen LogP contribution is -2.02. The van der Waals surface area contributed by atoms with Crippen molar-refractivity contribution in [1.82, 2.24) is 15.3 Å². The number of hydrogen-bond donors (Lipinski definition) is 2. The maximum Gasteiger partial charge on any atom is 0.160 e. The number of pyridine rings is 1. The summed E-state index contributed by atoms with van der Waals surface area (Å²) in [6.07, 6.45) is 3.62. The van der Waals surface area contributed by atoms with Crippen LogP contribution in [0.5, 0.6) is 0 Å². The third-order valence-electron chi connectivity index (χ3n) is 3.06. The number of fused-ring (bicyclic) bond motifs is 1. The Morgan fingerprint density at radius 2 is 2.05 bits per heavy atom. The summed E-state index contributed by atoms with van der Waals surface area (Å²) in [6.45, 7) is 2.71. The number of nitrogens with one attached hydrogen (secondary N) is 1. The van der Waals surface area contributed by atoms with Crippen molar-refractivity contribution in [3.05, 3.63) is 41.7 Å². The van der Waals surface area contributed by atoms with Gasteiger partial charge in [0.1, 0.15) is 0 Å². The van der Waals surface area contributed by atoms with Crippen LogP contribution in [0.2, 0.25) is 0 Å². The van der Waals surface area contributed by atoms with Gasteiger partial charge in [0.15, 0.2) is 11.0 Å². The molecular formula is C13H13N5O. The number of nitrogen functional groups attached to an aromatic ring is 1. The monoisotopic (exact) mass is 255 g/mol. The van der Waals surface area contributed by atoms with E-state index in [2.05, 4.69) is 27.5 Å². The predicted molar refractivity (Wildman–Crippen MR) is 72.5 cm³/mol. The molecule has 0 atom stereocenters. The van der Waals surface area contributed by atoms with E-state index in [1.54, 1.807) is 12.3 Å². The molecule has 2 heterocycles.